The highest BCUT2D eigenvalue weighted by Crippen LogP contribution is 2.37. The molecule has 0 aliphatic rings. The van der Waals surface area contributed by atoms with E-state index < -0.39 is 23.2 Å². The topological polar surface area (TPSA) is 134 Å². The molecule has 1 aromatic heterocycles. The average molecular weight is 627 g/mol. The summed E-state index contributed by atoms with van der Waals surface area (Å²) in [5.41, 5.74) is 0.961. The van der Waals surface area contributed by atoms with Gasteiger partial charge in [-0.2, -0.15) is 0 Å². The molecular weight excluding hydrogens is 584 g/mol. The summed E-state index contributed by atoms with van der Waals surface area (Å²) in [6, 6.07) is 21.6. The second-order valence-electron chi connectivity index (χ2n) is 12.1. The predicted octanol–water partition coefficient (Wildman–Crippen LogP) is 6.94. The number of unbranched alkanes of at least 4 members (excludes halogenated alkanes) is 3. The minimum absolute atomic E-state index is 0.00584. The Morgan fingerprint density at radius 3 is 2.20 bits per heavy atom. The van der Waals surface area contributed by atoms with Crippen LogP contribution in [0, 0.1) is 0 Å². The lowest BCUT2D eigenvalue weighted by molar-refractivity contribution is -0.132. The number of aromatic hydroxyl groups is 2. The van der Waals surface area contributed by atoms with E-state index in [1.807, 2.05) is 36.4 Å². The summed E-state index contributed by atoms with van der Waals surface area (Å²) in [7, 11) is 0. The lowest BCUT2D eigenvalue weighted by atomic mass is 9.97. The maximum Gasteiger partial charge on any atom is 0.412 e. The van der Waals surface area contributed by atoms with Crippen molar-refractivity contribution < 1.29 is 24.5 Å². The first-order chi connectivity index (χ1) is 22.0. The van der Waals surface area contributed by atoms with Crippen molar-refractivity contribution in [2.75, 3.05) is 11.9 Å². The molecule has 2 amide bonds. The fourth-order valence-electron chi connectivity index (χ4n) is 5.08. The van der Waals surface area contributed by atoms with Crippen LogP contribution in [0.15, 0.2) is 83.8 Å². The predicted molar refractivity (Wildman–Crippen MR) is 179 cm³/mol. The van der Waals surface area contributed by atoms with Crippen LogP contribution in [-0.4, -0.2) is 48.8 Å². The SMILES string of the molecule is CCCCCCN(Cc1c(-c2ccccc2)ccc(O)c1O)C(=O)Cn1c(-c2ccccc2)ncc(NC(=O)OC(C)(C)C)c1=O. The maximum absolute atomic E-state index is 14.2. The summed E-state index contributed by atoms with van der Waals surface area (Å²) in [6.45, 7) is 7.21. The number of ether oxygens (including phenoxy) is 1. The Kier molecular flexibility index (Phi) is 11.2. The number of hydrogen-bond donors (Lipinski definition) is 3. The van der Waals surface area contributed by atoms with E-state index >= 15 is 0 Å². The van der Waals surface area contributed by atoms with Crippen molar-refractivity contribution in [3.63, 3.8) is 0 Å². The number of hydrogen-bond acceptors (Lipinski definition) is 7. The van der Waals surface area contributed by atoms with Gasteiger partial charge in [-0.25, -0.2) is 9.78 Å². The Balaban J connectivity index is 1.74. The highest BCUT2D eigenvalue weighted by atomic mass is 16.6. The van der Waals surface area contributed by atoms with Crippen LogP contribution in [-0.2, 0) is 22.6 Å². The molecule has 0 saturated heterocycles. The number of carbonyl (C=O) groups is 2. The van der Waals surface area contributed by atoms with E-state index in [9.17, 15) is 24.6 Å². The normalized spacial score (nSPS) is 11.2. The molecule has 4 rings (SSSR count). The first-order valence-electron chi connectivity index (χ1n) is 15.5. The van der Waals surface area contributed by atoms with Crippen molar-refractivity contribution >= 4 is 17.7 Å². The Morgan fingerprint density at radius 2 is 1.57 bits per heavy atom. The number of benzene rings is 3. The van der Waals surface area contributed by atoms with Crippen LogP contribution in [0.2, 0.25) is 0 Å². The van der Waals surface area contributed by atoms with Gasteiger partial charge in [-0.15, -0.1) is 0 Å². The summed E-state index contributed by atoms with van der Waals surface area (Å²) in [6.07, 6.45) is 4.05. The molecule has 10 nitrogen and oxygen atoms in total. The summed E-state index contributed by atoms with van der Waals surface area (Å²) < 4.78 is 6.56. The number of rotatable bonds is 12. The molecule has 242 valence electrons. The van der Waals surface area contributed by atoms with Crippen LogP contribution < -0.4 is 10.9 Å². The lowest BCUT2D eigenvalue weighted by Crippen LogP contribution is -2.38. The molecule has 0 bridgehead atoms. The molecule has 0 radical (unpaired) electrons. The first-order valence-corrected chi connectivity index (χ1v) is 15.5. The molecule has 3 aromatic carbocycles. The lowest BCUT2D eigenvalue weighted by Gasteiger charge is -2.26. The Labute approximate surface area is 269 Å². The van der Waals surface area contributed by atoms with Gasteiger partial charge < -0.3 is 19.8 Å². The molecule has 46 heavy (non-hydrogen) atoms. The van der Waals surface area contributed by atoms with E-state index in [4.69, 9.17) is 4.74 Å². The quantitative estimate of drug-likeness (QED) is 0.115. The monoisotopic (exact) mass is 626 g/mol. The average Bonchev–Trinajstić information content (AvgIpc) is 3.02. The van der Waals surface area contributed by atoms with Crippen LogP contribution in [0.4, 0.5) is 10.5 Å². The number of anilines is 1. The van der Waals surface area contributed by atoms with Gasteiger partial charge >= 0.3 is 6.09 Å². The molecule has 0 unspecified atom stereocenters. The van der Waals surface area contributed by atoms with Crippen molar-refractivity contribution in [3.8, 4) is 34.0 Å². The number of aromatic nitrogens is 2. The smallest absolute Gasteiger partial charge is 0.412 e. The van der Waals surface area contributed by atoms with Crippen LogP contribution in [0.3, 0.4) is 0 Å². The van der Waals surface area contributed by atoms with Gasteiger partial charge in [0, 0.05) is 17.7 Å². The van der Waals surface area contributed by atoms with Crippen LogP contribution in [0.5, 0.6) is 11.5 Å². The number of carbonyl (C=O) groups excluding carboxylic acids is 2. The van der Waals surface area contributed by atoms with Crippen molar-refractivity contribution in [1.29, 1.82) is 0 Å². The van der Waals surface area contributed by atoms with Gasteiger partial charge in [-0.3, -0.25) is 19.5 Å². The Hall–Kier alpha value is -5.12. The minimum Gasteiger partial charge on any atom is -0.504 e. The maximum atomic E-state index is 14.2. The molecule has 0 spiro atoms. The summed E-state index contributed by atoms with van der Waals surface area (Å²) in [4.78, 5) is 46.6. The van der Waals surface area contributed by atoms with E-state index in [-0.39, 0.29) is 36.1 Å². The third kappa shape index (κ3) is 8.74. The minimum atomic E-state index is -0.818. The van der Waals surface area contributed by atoms with Gasteiger partial charge in [0.05, 0.1) is 12.7 Å². The van der Waals surface area contributed by atoms with Crippen molar-refractivity contribution in [2.45, 2.75) is 72.1 Å². The molecule has 0 atom stereocenters. The number of nitrogens with one attached hydrogen (secondary N) is 1. The van der Waals surface area contributed by atoms with Gasteiger partial charge in [0.25, 0.3) is 5.56 Å². The molecule has 0 aliphatic heterocycles. The van der Waals surface area contributed by atoms with Crippen molar-refractivity contribution in [2.24, 2.45) is 0 Å². The van der Waals surface area contributed by atoms with E-state index in [0.29, 0.717) is 29.7 Å². The molecule has 0 aliphatic carbocycles. The third-order valence-electron chi connectivity index (χ3n) is 7.34. The zero-order valence-corrected chi connectivity index (χ0v) is 26.8. The van der Waals surface area contributed by atoms with Gasteiger partial charge in [0.1, 0.15) is 23.7 Å². The molecule has 0 fully saturated rings. The highest BCUT2D eigenvalue weighted by molar-refractivity contribution is 5.85. The molecule has 10 heteroatoms. The summed E-state index contributed by atoms with van der Waals surface area (Å²) >= 11 is 0. The molecule has 0 saturated carbocycles. The number of phenolic OH excluding ortho intramolecular Hbond substituents is 2. The standard InChI is InChI=1S/C36H42N4O6/c1-5-6-7-14-21-39(23-28-27(19-20-30(41)32(28)43)25-15-10-8-11-16-25)31(42)24-40-33(26-17-12-9-13-18-26)37-22-29(34(40)44)38-35(45)46-36(2,3)4/h8-13,15-20,22,41,43H,5-7,14,21,23-24H2,1-4H3,(H,38,45). The van der Waals surface area contributed by atoms with E-state index in [1.165, 1.54) is 16.8 Å². The number of phenols is 2. The van der Waals surface area contributed by atoms with Gasteiger partial charge in [0.2, 0.25) is 5.91 Å². The largest absolute Gasteiger partial charge is 0.504 e. The van der Waals surface area contributed by atoms with Crippen LogP contribution in [0.25, 0.3) is 22.5 Å². The van der Waals surface area contributed by atoms with E-state index in [0.717, 1.165) is 24.8 Å². The Morgan fingerprint density at radius 1 is 0.913 bits per heavy atom. The first kappa shape index (κ1) is 33.8. The van der Waals surface area contributed by atoms with Crippen molar-refractivity contribution in [3.05, 3.63) is 94.9 Å². The zero-order valence-electron chi connectivity index (χ0n) is 26.8. The number of nitrogens with zero attached hydrogens (tertiary/aromatic N) is 3. The van der Waals surface area contributed by atoms with Crippen LogP contribution in [0.1, 0.15) is 58.9 Å². The van der Waals surface area contributed by atoms with Gasteiger partial charge in [-0.1, -0.05) is 92.9 Å². The fourth-order valence-corrected chi connectivity index (χ4v) is 5.08. The second kappa shape index (κ2) is 15.2. The summed E-state index contributed by atoms with van der Waals surface area (Å²) in [5, 5.41) is 23.9. The fraction of sp³-hybridized carbons (Fsp3) is 0.333. The summed E-state index contributed by atoms with van der Waals surface area (Å²) in [5.74, 6) is -0.737. The second-order valence-corrected chi connectivity index (χ2v) is 12.1. The van der Waals surface area contributed by atoms with Gasteiger partial charge in [0.15, 0.2) is 11.5 Å². The number of amides is 2. The van der Waals surface area contributed by atoms with E-state index in [2.05, 4.69) is 17.2 Å². The molecule has 3 N–H and O–H groups in total. The molecular formula is C36H42N4O6. The molecule has 4 aromatic rings. The van der Waals surface area contributed by atoms with E-state index in [1.54, 1.807) is 56.0 Å². The van der Waals surface area contributed by atoms with Gasteiger partial charge in [-0.05, 0) is 44.4 Å². The molecule has 1 heterocycles. The van der Waals surface area contributed by atoms with Crippen LogP contribution >= 0.6 is 0 Å². The third-order valence-corrected chi connectivity index (χ3v) is 7.34. The zero-order chi connectivity index (χ0) is 33.3. The highest BCUT2D eigenvalue weighted by Gasteiger charge is 2.24. The van der Waals surface area contributed by atoms with Crippen molar-refractivity contribution in [1.82, 2.24) is 14.5 Å². The Bertz CT molecular complexity index is 1700.